The molecule has 1 unspecified atom stereocenters. The summed E-state index contributed by atoms with van der Waals surface area (Å²) in [6.45, 7) is 3.13. The Bertz CT molecular complexity index is 518. The van der Waals surface area contributed by atoms with Gasteiger partial charge in [0.25, 0.3) is 0 Å². The van der Waals surface area contributed by atoms with E-state index in [9.17, 15) is 13.2 Å². The van der Waals surface area contributed by atoms with Crippen LogP contribution in [0.2, 0.25) is 0 Å². The van der Waals surface area contributed by atoms with Crippen LogP contribution in [0.1, 0.15) is 22.8 Å². The molecule has 0 fully saturated rings. The van der Waals surface area contributed by atoms with E-state index in [1.54, 1.807) is 31.2 Å². The number of Topliss-reactive ketones (excluding diaryl/α,β-unsaturated/α-hetero) is 1. The number of hydrogen-bond acceptors (Lipinski definition) is 3. The summed E-state index contributed by atoms with van der Waals surface area (Å²) in [5, 5.41) is 0. The van der Waals surface area contributed by atoms with E-state index >= 15 is 0 Å². The fourth-order valence-corrected chi connectivity index (χ4v) is 1.90. The summed E-state index contributed by atoms with van der Waals surface area (Å²) >= 11 is 3.00. The van der Waals surface area contributed by atoms with Crippen LogP contribution in [0.4, 0.5) is 0 Å². The lowest BCUT2D eigenvalue weighted by Crippen LogP contribution is -2.37. The highest BCUT2D eigenvalue weighted by atomic mass is 79.9. The van der Waals surface area contributed by atoms with Crippen molar-refractivity contribution in [1.82, 2.24) is 0 Å². The number of benzene rings is 1. The third-order valence-electron chi connectivity index (χ3n) is 2.49. The van der Waals surface area contributed by atoms with Gasteiger partial charge in [-0.25, -0.2) is 8.42 Å². The Hall–Kier alpha value is -0.680. The highest BCUT2D eigenvalue weighted by Gasteiger charge is 2.41. The quantitative estimate of drug-likeness (QED) is 0.636. The maximum atomic E-state index is 12.1. The second-order valence-electron chi connectivity index (χ2n) is 3.83. The minimum atomic E-state index is -3.50. The summed E-state index contributed by atoms with van der Waals surface area (Å²) in [4.78, 5) is 12.1. The summed E-state index contributed by atoms with van der Waals surface area (Å²) in [5.74, 6) is -0.437. The van der Waals surface area contributed by atoms with E-state index in [0.29, 0.717) is 5.56 Å². The van der Waals surface area contributed by atoms with Crippen LogP contribution in [0.3, 0.4) is 0 Å². The summed E-state index contributed by atoms with van der Waals surface area (Å²) in [7, 11) is -3.50. The molecule has 0 aliphatic heterocycles. The first-order valence-electron chi connectivity index (χ1n) is 4.67. The van der Waals surface area contributed by atoms with Gasteiger partial charge in [0.1, 0.15) is 0 Å². The monoisotopic (exact) mass is 304 g/mol. The highest BCUT2D eigenvalue weighted by Crippen LogP contribution is 2.29. The van der Waals surface area contributed by atoms with E-state index in [-0.39, 0.29) is 0 Å². The van der Waals surface area contributed by atoms with Crippen molar-refractivity contribution in [3.05, 3.63) is 35.4 Å². The van der Waals surface area contributed by atoms with E-state index in [1.807, 2.05) is 0 Å². The van der Waals surface area contributed by atoms with Crippen molar-refractivity contribution in [2.24, 2.45) is 0 Å². The van der Waals surface area contributed by atoms with Gasteiger partial charge in [-0.2, -0.15) is 0 Å². The standard InChI is InChI=1S/C11H13BrO3S/c1-8-6-4-5-7-9(8)10(13)11(2,12)16(3,14)15/h4-7H,1-3H3. The third kappa shape index (κ3) is 2.35. The molecule has 0 aromatic heterocycles. The van der Waals surface area contributed by atoms with Crippen molar-refractivity contribution in [2.45, 2.75) is 17.5 Å². The summed E-state index contributed by atoms with van der Waals surface area (Å²) < 4.78 is 21.5. The Kier molecular flexibility index (Phi) is 3.59. The van der Waals surface area contributed by atoms with Crippen LogP contribution in [0, 0.1) is 6.92 Å². The van der Waals surface area contributed by atoms with Crippen molar-refractivity contribution in [2.75, 3.05) is 6.26 Å². The van der Waals surface area contributed by atoms with Gasteiger partial charge in [-0.05, 0) is 19.4 Å². The molecule has 0 radical (unpaired) electrons. The molecular weight excluding hydrogens is 292 g/mol. The normalized spacial score (nSPS) is 15.5. The maximum Gasteiger partial charge on any atom is 0.194 e. The number of hydrogen-bond donors (Lipinski definition) is 0. The zero-order valence-corrected chi connectivity index (χ0v) is 11.7. The van der Waals surface area contributed by atoms with Crippen LogP contribution in [-0.2, 0) is 9.84 Å². The van der Waals surface area contributed by atoms with Gasteiger partial charge in [-0.15, -0.1) is 0 Å². The second kappa shape index (κ2) is 4.30. The van der Waals surface area contributed by atoms with Gasteiger partial charge in [-0.3, -0.25) is 4.79 Å². The Morgan fingerprint density at radius 2 is 1.81 bits per heavy atom. The van der Waals surface area contributed by atoms with Crippen molar-refractivity contribution in [3.8, 4) is 0 Å². The van der Waals surface area contributed by atoms with Gasteiger partial charge in [0.05, 0.1) is 0 Å². The molecule has 0 aliphatic carbocycles. The first kappa shape index (κ1) is 13.4. The molecule has 0 spiro atoms. The first-order chi connectivity index (χ1) is 7.18. The number of alkyl halides is 1. The number of carbonyl (C=O) groups is 1. The number of ketones is 1. The van der Waals surface area contributed by atoms with E-state index < -0.39 is 19.3 Å². The lowest BCUT2D eigenvalue weighted by Gasteiger charge is -2.19. The summed E-state index contributed by atoms with van der Waals surface area (Å²) in [6.07, 6.45) is 1.04. The molecule has 0 N–H and O–H groups in total. The lowest BCUT2D eigenvalue weighted by atomic mass is 10.0. The van der Waals surface area contributed by atoms with E-state index in [2.05, 4.69) is 15.9 Å². The lowest BCUT2D eigenvalue weighted by molar-refractivity contribution is 0.0982. The maximum absolute atomic E-state index is 12.1. The smallest absolute Gasteiger partial charge is 0.194 e. The van der Waals surface area contributed by atoms with Gasteiger partial charge in [0, 0.05) is 11.8 Å². The molecule has 16 heavy (non-hydrogen) atoms. The van der Waals surface area contributed by atoms with Crippen molar-refractivity contribution < 1.29 is 13.2 Å². The predicted octanol–water partition coefficient (Wildman–Crippen LogP) is 2.33. The molecule has 1 aromatic carbocycles. The molecule has 0 saturated heterocycles. The molecule has 1 atom stereocenters. The Balaban J connectivity index is 3.29. The molecule has 1 rings (SSSR count). The molecular formula is C11H13BrO3S. The van der Waals surface area contributed by atoms with Gasteiger partial charge >= 0.3 is 0 Å². The van der Waals surface area contributed by atoms with Crippen LogP contribution in [0.5, 0.6) is 0 Å². The molecule has 88 valence electrons. The van der Waals surface area contributed by atoms with E-state index in [4.69, 9.17) is 0 Å². The number of halogens is 1. The van der Waals surface area contributed by atoms with E-state index in [0.717, 1.165) is 11.8 Å². The largest absolute Gasteiger partial charge is 0.291 e. The zero-order valence-electron chi connectivity index (χ0n) is 9.32. The van der Waals surface area contributed by atoms with Crippen molar-refractivity contribution in [3.63, 3.8) is 0 Å². The number of aryl methyl sites for hydroxylation is 1. The zero-order chi connectivity index (χ0) is 12.6. The van der Waals surface area contributed by atoms with E-state index in [1.165, 1.54) is 6.92 Å². The van der Waals surface area contributed by atoms with Crippen LogP contribution in [0.15, 0.2) is 24.3 Å². The molecule has 5 heteroatoms. The molecule has 0 aliphatic rings. The van der Waals surface area contributed by atoms with Crippen LogP contribution >= 0.6 is 15.9 Å². The Labute approximate surface area is 104 Å². The van der Waals surface area contributed by atoms with Crippen molar-refractivity contribution >= 4 is 31.6 Å². The fraction of sp³-hybridized carbons (Fsp3) is 0.364. The minimum absolute atomic E-state index is 0.423. The Morgan fingerprint density at radius 3 is 2.25 bits per heavy atom. The molecule has 0 heterocycles. The second-order valence-corrected chi connectivity index (χ2v) is 8.30. The number of carbonyl (C=O) groups excluding carboxylic acids is 1. The first-order valence-corrected chi connectivity index (χ1v) is 7.35. The average Bonchev–Trinajstić information content (AvgIpc) is 2.15. The Morgan fingerprint density at radius 1 is 1.31 bits per heavy atom. The predicted molar refractivity (Wildman–Crippen MR) is 67.7 cm³/mol. The summed E-state index contributed by atoms with van der Waals surface area (Å²) in [5.41, 5.74) is 1.19. The SMILES string of the molecule is Cc1ccccc1C(=O)C(C)(Br)S(C)(=O)=O. The van der Waals surface area contributed by atoms with Gasteiger partial charge in [0.2, 0.25) is 0 Å². The highest BCUT2D eigenvalue weighted by molar-refractivity contribution is 9.12. The van der Waals surface area contributed by atoms with Crippen LogP contribution in [-0.4, -0.2) is 24.1 Å². The van der Waals surface area contributed by atoms with Gasteiger partial charge in [-0.1, -0.05) is 40.2 Å². The number of sulfone groups is 1. The number of rotatable bonds is 3. The molecule has 1 aromatic rings. The van der Waals surface area contributed by atoms with Gasteiger partial charge in [0.15, 0.2) is 19.3 Å². The van der Waals surface area contributed by atoms with Crippen LogP contribution < -0.4 is 0 Å². The van der Waals surface area contributed by atoms with Crippen LogP contribution in [0.25, 0.3) is 0 Å². The molecule has 0 saturated carbocycles. The minimum Gasteiger partial charge on any atom is -0.291 e. The topological polar surface area (TPSA) is 51.2 Å². The fourth-order valence-electron chi connectivity index (χ4n) is 1.24. The third-order valence-corrected chi connectivity index (χ3v) is 6.19. The average molecular weight is 305 g/mol. The van der Waals surface area contributed by atoms with Gasteiger partial charge < -0.3 is 0 Å². The molecule has 3 nitrogen and oxygen atoms in total. The molecule has 0 bridgehead atoms. The summed E-state index contributed by atoms with van der Waals surface area (Å²) in [6, 6.07) is 6.92. The van der Waals surface area contributed by atoms with Crippen molar-refractivity contribution in [1.29, 1.82) is 0 Å². The molecule has 0 amide bonds.